The van der Waals surface area contributed by atoms with Crippen molar-refractivity contribution in [1.29, 1.82) is 5.26 Å². The van der Waals surface area contributed by atoms with E-state index in [-0.39, 0.29) is 4.90 Å². The third-order valence-corrected chi connectivity index (χ3v) is 2.95. The van der Waals surface area contributed by atoms with Crippen molar-refractivity contribution in [3.63, 3.8) is 0 Å². The number of hydrogen-bond donors (Lipinski definition) is 1. The van der Waals surface area contributed by atoms with Gasteiger partial charge in [-0.3, -0.25) is 0 Å². The molecule has 13 heavy (non-hydrogen) atoms. The molecule has 0 aromatic heterocycles. The molecule has 5 heteroatoms. The van der Waals surface area contributed by atoms with Crippen LogP contribution in [0.3, 0.4) is 0 Å². The predicted octanol–water partition coefficient (Wildman–Crippen LogP) is 0.466. The molecule has 1 aromatic carbocycles. The molecule has 0 aliphatic carbocycles. The van der Waals surface area contributed by atoms with Crippen LogP contribution in [0, 0.1) is 11.3 Å². The molecule has 0 amide bonds. The zero-order chi connectivity index (χ0) is 9.90. The minimum Gasteiger partial charge on any atom is -0.214 e. The van der Waals surface area contributed by atoms with Crippen molar-refractivity contribution in [2.24, 2.45) is 0 Å². The maximum absolute atomic E-state index is 11.2. The molecule has 0 saturated carbocycles. The number of nitriles is 1. The van der Waals surface area contributed by atoms with Crippen LogP contribution in [0.2, 0.25) is 0 Å². The van der Waals surface area contributed by atoms with E-state index in [1.807, 2.05) is 6.07 Å². The molecular formula is C8H8N2O2S. The average molecular weight is 196 g/mol. The lowest BCUT2D eigenvalue weighted by Gasteiger charge is -2.01. The second-order valence-electron chi connectivity index (χ2n) is 2.35. The molecule has 0 radical (unpaired) electrons. The lowest BCUT2D eigenvalue weighted by molar-refractivity contribution is 0.588. The van der Waals surface area contributed by atoms with Crippen molar-refractivity contribution in [2.75, 3.05) is 7.05 Å². The Kier molecular flexibility index (Phi) is 2.66. The first-order chi connectivity index (χ1) is 6.10. The van der Waals surface area contributed by atoms with Crippen LogP contribution in [-0.4, -0.2) is 15.5 Å². The maximum atomic E-state index is 11.2. The summed E-state index contributed by atoms with van der Waals surface area (Å²) < 4.78 is 24.7. The van der Waals surface area contributed by atoms with E-state index in [2.05, 4.69) is 4.72 Å². The van der Waals surface area contributed by atoms with Crippen molar-refractivity contribution in [3.05, 3.63) is 29.8 Å². The molecule has 0 atom stereocenters. The van der Waals surface area contributed by atoms with Gasteiger partial charge in [-0.1, -0.05) is 6.07 Å². The maximum Gasteiger partial charge on any atom is 0.240 e. The molecule has 0 aliphatic rings. The van der Waals surface area contributed by atoms with Crippen LogP contribution in [-0.2, 0) is 10.0 Å². The Morgan fingerprint density at radius 3 is 2.69 bits per heavy atom. The normalized spacial score (nSPS) is 10.8. The Balaban J connectivity index is 3.27. The lowest BCUT2D eigenvalue weighted by atomic mass is 10.2. The SMILES string of the molecule is CNS(=O)(=O)c1cccc(C#N)c1. The number of nitrogens with zero attached hydrogens (tertiary/aromatic N) is 1. The van der Waals surface area contributed by atoms with Gasteiger partial charge in [0.2, 0.25) is 10.0 Å². The predicted molar refractivity (Wildman–Crippen MR) is 47.4 cm³/mol. The average Bonchev–Trinajstić information content (AvgIpc) is 2.18. The summed E-state index contributed by atoms with van der Waals surface area (Å²) in [7, 11) is -2.10. The van der Waals surface area contributed by atoms with Crippen LogP contribution in [0.1, 0.15) is 5.56 Å². The minimum atomic E-state index is -3.43. The molecule has 68 valence electrons. The zero-order valence-corrected chi connectivity index (χ0v) is 7.80. The highest BCUT2D eigenvalue weighted by Crippen LogP contribution is 2.09. The zero-order valence-electron chi connectivity index (χ0n) is 6.98. The first-order valence-corrected chi connectivity index (χ1v) is 5.02. The summed E-state index contributed by atoms with van der Waals surface area (Å²) in [5.41, 5.74) is 0.330. The Labute approximate surface area is 76.9 Å². The van der Waals surface area contributed by atoms with Crippen molar-refractivity contribution in [1.82, 2.24) is 4.72 Å². The molecule has 0 bridgehead atoms. The lowest BCUT2D eigenvalue weighted by Crippen LogP contribution is -2.18. The molecule has 4 nitrogen and oxygen atoms in total. The quantitative estimate of drug-likeness (QED) is 0.747. The van der Waals surface area contributed by atoms with Crippen molar-refractivity contribution in [2.45, 2.75) is 4.90 Å². The molecule has 0 aliphatic heterocycles. The second kappa shape index (κ2) is 3.56. The molecule has 0 heterocycles. The largest absolute Gasteiger partial charge is 0.240 e. The van der Waals surface area contributed by atoms with E-state index in [1.165, 1.54) is 25.2 Å². The number of sulfonamides is 1. The summed E-state index contributed by atoms with van der Waals surface area (Å²) in [4.78, 5) is 0.106. The smallest absolute Gasteiger partial charge is 0.214 e. The first kappa shape index (κ1) is 9.71. The molecule has 0 spiro atoms. The highest BCUT2D eigenvalue weighted by atomic mass is 32.2. The van der Waals surface area contributed by atoms with Crippen LogP contribution >= 0.6 is 0 Å². The van der Waals surface area contributed by atoms with Crippen molar-refractivity contribution in [3.8, 4) is 6.07 Å². The van der Waals surface area contributed by atoms with Crippen LogP contribution in [0.4, 0.5) is 0 Å². The van der Waals surface area contributed by atoms with E-state index in [9.17, 15) is 8.42 Å². The number of hydrogen-bond acceptors (Lipinski definition) is 3. The van der Waals surface area contributed by atoms with Gasteiger partial charge in [-0.05, 0) is 25.2 Å². The van der Waals surface area contributed by atoms with E-state index >= 15 is 0 Å². The Bertz CT molecular complexity index is 445. The third-order valence-electron chi connectivity index (χ3n) is 1.54. The summed E-state index contributed by atoms with van der Waals surface area (Å²) in [5, 5.41) is 8.54. The fourth-order valence-electron chi connectivity index (χ4n) is 0.851. The van der Waals surface area contributed by atoms with Crippen molar-refractivity contribution < 1.29 is 8.42 Å². The number of rotatable bonds is 2. The summed E-state index contributed by atoms with van der Waals surface area (Å²) in [6.45, 7) is 0. The van der Waals surface area contributed by atoms with Gasteiger partial charge in [0.05, 0.1) is 16.5 Å². The van der Waals surface area contributed by atoms with Gasteiger partial charge in [0.25, 0.3) is 0 Å². The van der Waals surface area contributed by atoms with Gasteiger partial charge in [0.15, 0.2) is 0 Å². The summed E-state index contributed by atoms with van der Waals surface area (Å²) in [5.74, 6) is 0. The first-order valence-electron chi connectivity index (χ1n) is 3.54. The van der Waals surface area contributed by atoms with Crippen LogP contribution in [0.25, 0.3) is 0 Å². The van der Waals surface area contributed by atoms with Gasteiger partial charge in [-0.2, -0.15) is 5.26 Å². The van der Waals surface area contributed by atoms with E-state index < -0.39 is 10.0 Å². The molecular weight excluding hydrogens is 188 g/mol. The monoisotopic (exact) mass is 196 g/mol. The standard InChI is InChI=1S/C8H8N2O2S/c1-10-13(11,12)8-4-2-3-7(5-8)6-9/h2-5,10H,1H3. The number of nitrogens with one attached hydrogen (secondary N) is 1. The summed E-state index contributed by atoms with van der Waals surface area (Å²) in [6.07, 6.45) is 0. The second-order valence-corrected chi connectivity index (χ2v) is 4.23. The van der Waals surface area contributed by atoms with E-state index in [4.69, 9.17) is 5.26 Å². The minimum absolute atomic E-state index is 0.106. The molecule has 0 unspecified atom stereocenters. The highest BCUT2D eigenvalue weighted by Gasteiger charge is 2.10. The van der Waals surface area contributed by atoms with Gasteiger partial charge in [0.1, 0.15) is 0 Å². The van der Waals surface area contributed by atoms with Gasteiger partial charge < -0.3 is 0 Å². The van der Waals surface area contributed by atoms with Crippen molar-refractivity contribution >= 4 is 10.0 Å². The van der Waals surface area contributed by atoms with Crippen LogP contribution in [0.5, 0.6) is 0 Å². The fourth-order valence-corrected chi connectivity index (χ4v) is 1.63. The Morgan fingerprint density at radius 2 is 2.15 bits per heavy atom. The van der Waals surface area contributed by atoms with Gasteiger partial charge in [-0.15, -0.1) is 0 Å². The molecule has 1 N–H and O–H groups in total. The van der Waals surface area contributed by atoms with E-state index in [0.717, 1.165) is 0 Å². The molecule has 0 saturated heterocycles. The van der Waals surface area contributed by atoms with E-state index in [0.29, 0.717) is 5.56 Å². The Hall–Kier alpha value is -1.38. The molecule has 0 fully saturated rings. The number of benzene rings is 1. The molecule has 1 aromatic rings. The van der Waals surface area contributed by atoms with Gasteiger partial charge in [0, 0.05) is 0 Å². The topological polar surface area (TPSA) is 70.0 Å². The highest BCUT2D eigenvalue weighted by molar-refractivity contribution is 7.89. The van der Waals surface area contributed by atoms with Crippen LogP contribution < -0.4 is 4.72 Å². The third kappa shape index (κ3) is 2.05. The van der Waals surface area contributed by atoms with Crippen LogP contribution in [0.15, 0.2) is 29.2 Å². The molecule has 1 rings (SSSR count). The van der Waals surface area contributed by atoms with E-state index in [1.54, 1.807) is 6.07 Å². The van der Waals surface area contributed by atoms with Gasteiger partial charge in [-0.25, -0.2) is 13.1 Å². The Morgan fingerprint density at radius 1 is 1.46 bits per heavy atom. The fraction of sp³-hybridized carbons (Fsp3) is 0.125. The summed E-state index contributed by atoms with van der Waals surface area (Å²) >= 11 is 0. The summed E-state index contributed by atoms with van der Waals surface area (Å²) in [6, 6.07) is 7.71. The van der Waals surface area contributed by atoms with Gasteiger partial charge >= 0.3 is 0 Å².